The van der Waals surface area contributed by atoms with Gasteiger partial charge in [-0.05, 0) is 35.4 Å². The lowest BCUT2D eigenvalue weighted by molar-refractivity contribution is 0.0955. The predicted octanol–water partition coefficient (Wildman–Crippen LogP) is 3.01. The van der Waals surface area contributed by atoms with Gasteiger partial charge in [-0.1, -0.05) is 44.0 Å². The lowest BCUT2D eigenvalue weighted by atomic mass is 10.0. The normalized spacial score (nSPS) is 9.05. The molecule has 0 fully saturated rings. The monoisotopic (exact) mass is 280 g/mol. The first-order valence-corrected chi connectivity index (χ1v) is 6.90. The van der Waals surface area contributed by atoms with E-state index in [2.05, 4.69) is 11.2 Å². The highest BCUT2D eigenvalue weighted by molar-refractivity contribution is 5.94. The summed E-state index contributed by atoms with van der Waals surface area (Å²) in [5.41, 5.74) is 8.80. The molecule has 21 heavy (non-hydrogen) atoms. The molecule has 0 bridgehead atoms. The highest BCUT2D eigenvalue weighted by Crippen LogP contribution is 2.20. The third kappa shape index (κ3) is 4.48. The second-order valence-corrected chi connectivity index (χ2v) is 4.01. The topological polar surface area (TPSA) is 55.1 Å². The SMILES string of the molecule is C#Cc1ccc(-c2ccc(C(=O)NCN)cc2)cc1.CC. The summed E-state index contributed by atoms with van der Waals surface area (Å²) in [5.74, 6) is 2.41. The van der Waals surface area contributed by atoms with Gasteiger partial charge in [0.05, 0.1) is 6.67 Å². The molecular weight excluding hydrogens is 260 g/mol. The van der Waals surface area contributed by atoms with E-state index in [0.717, 1.165) is 16.7 Å². The molecule has 0 saturated heterocycles. The molecule has 2 rings (SSSR count). The van der Waals surface area contributed by atoms with E-state index < -0.39 is 0 Å². The molecule has 3 heteroatoms. The molecule has 1 amide bonds. The van der Waals surface area contributed by atoms with E-state index in [1.807, 2.05) is 50.2 Å². The number of carbonyl (C=O) groups is 1. The summed E-state index contributed by atoms with van der Waals surface area (Å²) >= 11 is 0. The molecule has 3 N–H and O–H groups in total. The number of nitrogens with two attached hydrogens (primary N) is 1. The Balaban J connectivity index is 0.00000106. The van der Waals surface area contributed by atoms with Gasteiger partial charge in [0, 0.05) is 11.1 Å². The van der Waals surface area contributed by atoms with E-state index in [1.54, 1.807) is 12.1 Å². The molecule has 2 aromatic carbocycles. The second kappa shape index (κ2) is 8.57. The average Bonchev–Trinajstić information content (AvgIpc) is 2.57. The Kier molecular flexibility index (Phi) is 6.73. The first-order valence-electron chi connectivity index (χ1n) is 6.90. The number of terminal acetylenes is 1. The van der Waals surface area contributed by atoms with Crippen LogP contribution in [0.3, 0.4) is 0 Å². The maximum atomic E-state index is 11.6. The third-order valence-electron chi connectivity index (χ3n) is 2.79. The molecule has 0 aliphatic rings. The van der Waals surface area contributed by atoms with Crippen molar-refractivity contribution in [2.75, 3.05) is 6.67 Å². The maximum Gasteiger partial charge on any atom is 0.252 e. The molecule has 0 unspecified atom stereocenters. The minimum absolute atomic E-state index is 0.133. The van der Waals surface area contributed by atoms with Gasteiger partial charge >= 0.3 is 0 Å². The molecule has 0 radical (unpaired) electrons. The molecule has 2 aromatic rings. The lowest BCUT2D eigenvalue weighted by Gasteiger charge is -2.05. The van der Waals surface area contributed by atoms with Gasteiger partial charge in [-0.2, -0.15) is 0 Å². The van der Waals surface area contributed by atoms with Crippen molar-refractivity contribution in [3.63, 3.8) is 0 Å². The van der Waals surface area contributed by atoms with Crippen molar-refractivity contribution < 1.29 is 4.79 Å². The van der Waals surface area contributed by atoms with E-state index in [-0.39, 0.29) is 12.6 Å². The fourth-order valence-corrected chi connectivity index (χ4v) is 1.77. The Morgan fingerprint density at radius 3 is 1.95 bits per heavy atom. The Hall–Kier alpha value is -2.57. The Morgan fingerprint density at radius 2 is 1.52 bits per heavy atom. The minimum Gasteiger partial charge on any atom is -0.340 e. The molecule has 3 nitrogen and oxygen atoms in total. The van der Waals surface area contributed by atoms with Crippen molar-refractivity contribution in [2.45, 2.75) is 13.8 Å². The minimum atomic E-state index is -0.170. The number of amides is 1. The van der Waals surface area contributed by atoms with Gasteiger partial charge in [0.25, 0.3) is 5.91 Å². The highest BCUT2D eigenvalue weighted by atomic mass is 16.1. The van der Waals surface area contributed by atoms with Crippen LogP contribution in [0.4, 0.5) is 0 Å². The van der Waals surface area contributed by atoms with Crippen LogP contribution in [0.25, 0.3) is 11.1 Å². The third-order valence-corrected chi connectivity index (χ3v) is 2.79. The van der Waals surface area contributed by atoms with Crippen LogP contribution in [0.5, 0.6) is 0 Å². The van der Waals surface area contributed by atoms with Crippen molar-refractivity contribution in [2.24, 2.45) is 5.73 Å². The molecule has 0 aliphatic carbocycles. The van der Waals surface area contributed by atoms with Gasteiger partial charge in [0.1, 0.15) is 0 Å². The Morgan fingerprint density at radius 1 is 1.05 bits per heavy atom. The zero-order valence-electron chi connectivity index (χ0n) is 12.4. The Bertz CT molecular complexity index is 607. The molecule has 0 spiro atoms. The van der Waals surface area contributed by atoms with E-state index in [1.165, 1.54) is 0 Å². The van der Waals surface area contributed by atoms with Crippen LogP contribution < -0.4 is 11.1 Å². The fourth-order valence-electron chi connectivity index (χ4n) is 1.77. The van der Waals surface area contributed by atoms with Gasteiger partial charge in [-0.3, -0.25) is 4.79 Å². The first kappa shape index (κ1) is 16.5. The molecule has 0 aliphatic heterocycles. The van der Waals surface area contributed by atoms with Crippen LogP contribution in [0.2, 0.25) is 0 Å². The summed E-state index contributed by atoms with van der Waals surface area (Å²) < 4.78 is 0. The summed E-state index contributed by atoms with van der Waals surface area (Å²) in [7, 11) is 0. The largest absolute Gasteiger partial charge is 0.340 e. The number of hydrogen-bond acceptors (Lipinski definition) is 2. The molecule has 0 saturated carbocycles. The smallest absolute Gasteiger partial charge is 0.252 e. The van der Waals surface area contributed by atoms with Crippen LogP contribution in [-0.4, -0.2) is 12.6 Å². The molecule has 0 aromatic heterocycles. The van der Waals surface area contributed by atoms with Gasteiger partial charge in [0.2, 0.25) is 0 Å². The van der Waals surface area contributed by atoms with E-state index in [9.17, 15) is 4.79 Å². The average molecular weight is 280 g/mol. The number of benzene rings is 2. The highest BCUT2D eigenvalue weighted by Gasteiger charge is 2.04. The first-order chi connectivity index (χ1) is 10.2. The van der Waals surface area contributed by atoms with E-state index >= 15 is 0 Å². The van der Waals surface area contributed by atoms with Crippen LogP contribution in [-0.2, 0) is 0 Å². The van der Waals surface area contributed by atoms with Crippen molar-refractivity contribution in [1.29, 1.82) is 0 Å². The van der Waals surface area contributed by atoms with Crippen LogP contribution in [0.15, 0.2) is 48.5 Å². The van der Waals surface area contributed by atoms with Crippen molar-refractivity contribution in [3.8, 4) is 23.5 Å². The van der Waals surface area contributed by atoms with Gasteiger partial charge in [-0.15, -0.1) is 6.42 Å². The van der Waals surface area contributed by atoms with Gasteiger partial charge in [-0.25, -0.2) is 0 Å². The number of rotatable bonds is 3. The van der Waals surface area contributed by atoms with Crippen molar-refractivity contribution in [3.05, 3.63) is 59.7 Å². The lowest BCUT2D eigenvalue weighted by Crippen LogP contribution is -2.29. The standard InChI is InChI=1S/C16H14N2O.C2H6/c1-2-12-3-5-13(6-4-12)14-7-9-15(10-8-14)16(19)18-11-17;1-2/h1,3-10H,11,17H2,(H,18,19);1-2H3. The van der Waals surface area contributed by atoms with E-state index in [0.29, 0.717) is 5.56 Å². The molecule has 0 atom stereocenters. The summed E-state index contributed by atoms with van der Waals surface area (Å²) in [5, 5.41) is 2.55. The summed E-state index contributed by atoms with van der Waals surface area (Å²) in [6.45, 7) is 4.13. The summed E-state index contributed by atoms with van der Waals surface area (Å²) in [6.07, 6.45) is 5.32. The zero-order chi connectivity index (χ0) is 15.7. The summed E-state index contributed by atoms with van der Waals surface area (Å²) in [6, 6.07) is 15.1. The predicted molar refractivity (Wildman–Crippen MR) is 87.7 cm³/mol. The van der Waals surface area contributed by atoms with Crippen LogP contribution >= 0.6 is 0 Å². The van der Waals surface area contributed by atoms with Crippen molar-refractivity contribution in [1.82, 2.24) is 5.32 Å². The van der Waals surface area contributed by atoms with Crippen LogP contribution in [0, 0.1) is 12.3 Å². The van der Waals surface area contributed by atoms with Gasteiger partial charge < -0.3 is 11.1 Å². The summed E-state index contributed by atoms with van der Waals surface area (Å²) in [4.78, 5) is 11.6. The number of carbonyl (C=O) groups excluding carboxylic acids is 1. The molecular formula is C18H20N2O. The molecule has 108 valence electrons. The van der Waals surface area contributed by atoms with Crippen molar-refractivity contribution >= 4 is 5.91 Å². The van der Waals surface area contributed by atoms with Crippen LogP contribution in [0.1, 0.15) is 29.8 Å². The zero-order valence-corrected chi connectivity index (χ0v) is 12.4. The number of nitrogens with one attached hydrogen (secondary N) is 1. The molecule has 0 heterocycles. The maximum absolute atomic E-state index is 11.6. The number of hydrogen-bond donors (Lipinski definition) is 2. The second-order valence-electron chi connectivity index (χ2n) is 4.01. The van der Waals surface area contributed by atoms with E-state index in [4.69, 9.17) is 12.2 Å². The quantitative estimate of drug-likeness (QED) is 0.671. The Labute approximate surface area is 126 Å². The van der Waals surface area contributed by atoms with Gasteiger partial charge in [0.15, 0.2) is 0 Å². The fraction of sp³-hybridized carbons (Fsp3) is 0.167.